The molecular weight excluding hydrogens is 500 g/mol. The van der Waals surface area contributed by atoms with Crippen molar-refractivity contribution in [2.45, 2.75) is 83.0 Å². The first-order chi connectivity index (χ1) is 14.9. The van der Waals surface area contributed by atoms with Gasteiger partial charge in [-0.3, -0.25) is 0 Å². The van der Waals surface area contributed by atoms with Gasteiger partial charge >= 0.3 is 0 Å². The van der Waals surface area contributed by atoms with E-state index in [4.69, 9.17) is 9.16 Å². The van der Waals surface area contributed by atoms with Crippen LogP contribution in [-0.4, -0.2) is 34.8 Å². The van der Waals surface area contributed by atoms with E-state index in [2.05, 4.69) is 46.8 Å². The van der Waals surface area contributed by atoms with Gasteiger partial charge in [-0.2, -0.15) is 0 Å². The number of nitrogens with zero attached hydrogens (tertiary/aromatic N) is 3. The minimum Gasteiger partial charge on any atom is -0.410 e. The Hall–Kier alpha value is -1.20. The number of rotatable bonds is 7. The quantitative estimate of drug-likeness (QED) is 0.430. The molecule has 0 spiro atoms. The number of aliphatic hydroxyl groups is 1. The molecule has 0 amide bonds. The Labute approximate surface area is 197 Å². The molecule has 1 fully saturated rings. The van der Waals surface area contributed by atoms with Crippen LogP contribution in [-0.2, 0) is 9.16 Å². The Morgan fingerprint density at radius 1 is 1.31 bits per heavy atom. The van der Waals surface area contributed by atoms with Crippen molar-refractivity contribution in [3.8, 4) is 0 Å². The summed E-state index contributed by atoms with van der Waals surface area (Å²) in [7, 11) is -2.38. The van der Waals surface area contributed by atoms with E-state index in [1.807, 2.05) is 13.1 Å². The molecule has 2 heterocycles. The van der Waals surface area contributed by atoms with Crippen LogP contribution in [0.15, 0.2) is 22.9 Å². The summed E-state index contributed by atoms with van der Waals surface area (Å²) in [6.45, 7) is 10.9. The molecule has 6 nitrogen and oxygen atoms in total. The number of aliphatic hydroxyl groups excluding tert-OH is 1. The molecule has 1 aliphatic heterocycles. The lowest BCUT2D eigenvalue weighted by Crippen LogP contribution is -2.42. The monoisotopic (exact) mass is 531 g/mol. The minimum atomic E-state index is -2.38. The molecule has 0 aliphatic carbocycles. The predicted molar refractivity (Wildman–Crippen MR) is 124 cm³/mol. The van der Waals surface area contributed by atoms with Crippen molar-refractivity contribution in [2.24, 2.45) is 0 Å². The van der Waals surface area contributed by atoms with Crippen LogP contribution >= 0.6 is 15.9 Å². The summed E-state index contributed by atoms with van der Waals surface area (Å²) >= 11 is 3.28. The van der Waals surface area contributed by atoms with Crippen molar-refractivity contribution in [3.05, 3.63) is 46.0 Å². The number of ether oxygens (including phenoxy) is 1. The van der Waals surface area contributed by atoms with Crippen molar-refractivity contribution in [3.63, 3.8) is 0 Å². The molecule has 1 aromatic heterocycles. The summed E-state index contributed by atoms with van der Waals surface area (Å²) in [5, 5.41) is 15.4. The first kappa shape index (κ1) is 25.4. The number of halogens is 3. The summed E-state index contributed by atoms with van der Waals surface area (Å²) in [4.78, 5) is 4.34. The third-order valence-corrected chi connectivity index (χ3v) is 11.2. The van der Waals surface area contributed by atoms with Gasteiger partial charge in [0.05, 0.1) is 6.10 Å². The van der Waals surface area contributed by atoms with E-state index in [-0.39, 0.29) is 23.3 Å². The van der Waals surface area contributed by atoms with Gasteiger partial charge in [0.2, 0.25) is 4.73 Å². The van der Waals surface area contributed by atoms with Gasteiger partial charge in [0.25, 0.3) is 0 Å². The van der Waals surface area contributed by atoms with Crippen molar-refractivity contribution >= 4 is 24.2 Å². The van der Waals surface area contributed by atoms with E-state index in [1.165, 1.54) is 12.1 Å². The summed E-state index contributed by atoms with van der Waals surface area (Å²) < 4.78 is 43.0. The molecule has 0 radical (unpaired) electrons. The summed E-state index contributed by atoms with van der Waals surface area (Å²) in [6.07, 6.45) is 0.449. The highest BCUT2D eigenvalue weighted by Gasteiger charge is 2.41. The van der Waals surface area contributed by atoms with E-state index < -0.39 is 32.2 Å². The highest BCUT2D eigenvalue weighted by atomic mass is 79.9. The van der Waals surface area contributed by atoms with Crippen LogP contribution in [0.1, 0.15) is 76.3 Å². The highest BCUT2D eigenvalue weighted by molar-refractivity contribution is 9.10. The summed E-state index contributed by atoms with van der Waals surface area (Å²) in [5.41, 5.74) is 0.0907. The van der Waals surface area contributed by atoms with Gasteiger partial charge in [-0.05, 0) is 59.4 Å². The van der Waals surface area contributed by atoms with Gasteiger partial charge in [-0.15, -0.1) is 5.10 Å². The Morgan fingerprint density at radius 2 is 2.03 bits per heavy atom. The summed E-state index contributed by atoms with van der Waals surface area (Å²) in [5.74, 6) is -1.59. The standard InChI is InChI=1S/C22H32BrF2N3O3Si/c1-22(2,3)32(4,5)31-17(14-9-8-10-15(24)19(14)25)13-16(29)20-26-21(23)27-28(20)18-11-6-7-12-30-18/h8-10,16-18,29H,6-7,11-13H2,1-5H3. The third-order valence-electron chi connectivity index (χ3n) is 6.37. The number of benzene rings is 1. The SMILES string of the molecule is CC(C)(C)[Si](C)(C)OC(CC(O)c1nc(Br)nn1C1CCCCO1)c1cccc(F)c1F. The van der Waals surface area contributed by atoms with E-state index in [0.717, 1.165) is 25.3 Å². The summed E-state index contributed by atoms with van der Waals surface area (Å²) in [6, 6.07) is 4.04. The van der Waals surface area contributed by atoms with Gasteiger partial charge in [-0.25, -0.2) is 18.4 Å². The zero-order valence-electron chi connectivity index (χ0n) is 19.2. The van der Waals surface area contributed by atoms with Crippen LogP contribution < -0.4 is 0 Å². The molecule has 3 atom stereocenters. The zero-order chi connectivity index (χ0) is 23.7. The van der Waals surface area contributed by atoms with Gasteiger partial charge in [0.15, 0.2) is 32.0 Å². The van der Waals surface area contributed by atoms with Crippen molar-refractivity contribution in [2.75, 3.05) is 6.61 Å². The fourth-order valence-electron chi connectivity index (χ4n) is 3.51. The Kier molecular flexibility index (Phi) is 7.92. The lowest BCUT2D eigenvalue weighted by Gasteiger charge is -2.40. The van der Waals surface area contributed by atoms with Crippen LogP contribution in [0.4, 0.5) is 8.78 Å². The van der Waals surface area contributed by atoms with Crippen LogP contribution in [0.3, 0.4) is 0 Å². The van der Waals surface area contributed by atoms with Gasteiger partial charge < -0.3 is 14.3 Å². The normalized spacial score (nSPS) is 19.7. The van der Waals surface area contributed by atoms with Gasteiger partial charge in [-0.1, -0.05) is 32.9 Å². The second-order valence-electron chi connectivity index (χ2n) is 9.77. The maximum atomic E-state index is 14.8. The fraction of sp³-hybridized carbons (Fsp3) is 0.636. The molecule has 3 rings (SSSR count). The second-order valence-corrected chi connectivity index (χ2v) is 15.2. The van der Waals surface area contributed by atoms with E-state index >= 15 is 0 Å². The van der Waals surface area contributed by atoms with E-state index in [0.29, 0.717) is 17.2 Å². The van der Waals surface area contributed by atoms with Crippen LogP contribution in [0, 0.1) is 11.6 Å². The smallest absolute Gasteiger partial charge is 0.217 e. The first-order valence-corrected chi connectivity index (χ1v) is 14.6. The van der Waals surface area contributed by atoms with Crippen molar-refractivity contribution < 1.29 is 23.1 Å². The average molecular weight is 533 g/mol. The maximum absolute atomic E-state index is 14.8. The third kappa shape index (κ3) is 5.64. The zero-order valence-corrected chi connectivity index (χ0v) is 21.8. The molecule has 1 aliphatic rings. The number of hydrogen-bond acceptors (Lipinski definition) is 5. The van der Waals surface area contributed by atoms with Gasteiger partial charge in [0.1, 0.15) is 6.10 Å². The Balaban J connectivity index is 1.94. The number of hydrogen-bond donors (Lipinski definition) is 1. The van der Waals surface area contributed by atoms with E-state index in [1.54, 1.807) is 4.68 Å². The molecule has 1 N–H and O–H groups in total. The van der Waals surface area contributed by atoms with Crippen LogP contribution in [0.2, 0.25) is 18.1 Å². The molecule has 3 unspecified atom stereocenters. The largest absolute Gasteiger partial charge is 0.410 e. The van der Waals surface area contributed by atoms with Crippen molar-refractivity contribution in [1.82, 2.24) is 14.8 Å². The van der Waals surface area contributed by atoms with Gasteiger partial charge in [0, 0.05) is 18.6 Å². The second kappa shape index (κ2) is 9.96. The first-order valence-electron chi connectivity index (χ1n) is 10.9. The Bertz CT molecular complexity index is 930. The van der Waals surface area contributed by atoms with E-state index in [9.17, 15) is 13.9 Å². The molecule has 178 valence electrons. The lowest BCUT2D eigenvalue weighted by atomic mass is 10.0. The molecular formula is C22H32BrF2N3O3Si. The minimum absolute atomic E-state index is 0.00470. The highest BCUT2D eigenvalue weighted by Crippen LogP contribution is 2.42. The Morgan fingerprint density at radius 3 is 2.66 bits per heavy atom. The van der Waals surface area contributed by atoms with Crippen LogP contribution in [0.5, 0.6) is 0 Å². The topological polar surface area (TPSA) is 69.4 Å². The molecule has 0 saturated carbocycles. The molecule has 1 aromatic carbocycles. The average Bonchev–Trinajstić information content (AvgIpc) is 3.11. The predicted octanol–water partition coefficient (Wildman–Crippen LogP) is 6.20. The molecule has 1 saturated heterocycles. The molecule has 0 bridgehead atoms. The van der Waals surface area contributed by atoms with Crippen molar-refractivity contribution in [1.29, 1.82) is 0 Å². The molecule has 32 heavy (non-hydrogen) atoms. The molecule has 10 heteroatoms. The van der Waals surface area contributed by atoms with Crippen LogP contribution in [0.25, 0.3) is 0 Å². The lowest BCUT2D eigenvalue weighted by molar-refractivity contribution is -0.0467. The maximum Gasteiger partial charge on any atom is 0.217 e. The molecule has 2 aromatic rings. The fourth-order valence-corrected chi connectivity index (χ4v) is 5.15. The number of aromatic nitrogens is 3.